The molecule has 2 aliphatic heterocycles. The lowest BCUT2D eigenvalue weighted by molar-refractivity contribution is -0.112. The molecule has 304 valence electrons. The number of methoxy groups -OCH3 is 1. The number of nitrogens with zero attached hydrogens (tertiary/aromatic N) is 2. The molecular weight excluding hydrogens is 734 g/mol. The quantitative estimate of drug-likeness (QED) is 0.0971. The molecule has 1 aromatic heterocycles. The second-order valence-electron chi connectivity index (χ2n) is 15.7. The number of aromatic nitrogens is 1. The van der Waals surface area contributed by atoms with Crippen molar-refractivity contribution < 1.29 is 48.6 Å². The molecule has 6 rings (SSSR count). The number of anilines is 2. The van der Waals surface area contributed by atoms with Crippen LogP contribution >= 0.6 is 0 Å². The fourth-order valence-corrected chi connectivity index (χ4v) is 7.68. The number of rotatable bonds is 2. The number of phenolic OH excluding ortho intramolecular Hbond substituents is 1. The van der Waals surface area contributed by atoms with E-state index in [4.69, 9.17) is 23.6 Å². The zero-order valence-corrected chi connectivity index (χ0v) is 33.8. The molecule has 0 saturated carbocycles. The predicted molar refractivity (Wildman–Crippen MR) is 217 cm³/mol. The second kappa shape index (κ2) is 15.6. The summed E-state index contributed by atoms with van der Waals surface area (Å²) in [7, 11) is 5.16. The Labute approximate surface area is 330 Å². The molecule has 57 heavy (non-hydrogen) atoms. The molecule has 0 fully saturated rings. The number of amides is 1. The summed E-state index contributed by atoms with van der Waals surface area (Å²) >= 11 is 0. The van der Waals surface area contributed by atoms with Gasteiger partial charge in [-0.2, -0.15) is 0 Å². The van der Waals surface area contributed by atoms with Crippen molar-refractivity contribution >= 4 is 56.0 Å². The summed E-state index contributed by atoms with van der Waals surface area (Å²) in [5.41, 5.74) is 0.609. The van der Waals surface area contributed by atoms with E-state index in [0.29, 0.717) is 11.1 Å². The molecule has 14 nitrogen and oxygen atoms in total. The van der Waals surface area contributed by atoms with Crippen LogP contribution in [0.2, 0.25) is 0 Å². The monoisotopic (exact) mass is 785 g/mol. The van der Waals surface area contributed by atoms with Crippen LogP contribution in [0.5, 0.6) is 11.5 Å². The van der Waals surface area contributed by atoms with Crippen molar-refractivity contribution in [1.29, 1.82) is 0 Å². The van der Waals surface area contributed by atoms with Gasteiger partial charge in [-0.25, -0.2) is 4.98 Å². The van der Waals surface area contributed by atoms with Gasteiger partial charge >= 0.3 is 5.79 Å². The molecule has 5 N–H and O–H groups in total. The average Bonchev–Trinajstić information content (AvgIpc) is 3.45. The molecule has 4 aromatic rings. The van der Waals surface area contributed by atoms with E-state index in [2.05, 4.69) is 5.32 Å². The van der Waals surface area contributed by atoms with E-state index >= 15 is 0 Å². The summed E-state index contributed by atoms with van der Waals surface area (Å²) in [5.74, 6) is -6.43. The van der Waals surface area contributed by atoms with Gasteiger partial charge in [-0.3, -0.25) is 14.4 Å². The minimum atomic E-state index is -2.00. The second-order valence-corrected chi connectivity index (χ2v) is 15.7. The van der Waals surface area contributed by atoms with Gasteiger partial charge in [-0.05, 0) is 38.1 Å². The van der Waals surface area contributed by atoms with Gasteiger partial charge in [0.05, 0.1) is 41.6 Å². The van der Waals surface area contributed by atoms with Crippen LogP contribution in [-0.4, -0.2) is 88.5 Å². The molecule has 0 aliphatic carbocycles. The Morgan fingerprint density at radius 2 is 1.60 bits per heavy atom. The maximum absolute atomic E-state index is 14.5. The van der Waals surface area contributed by atoms with Gasteiger partial charge in [-0.1, -0.05) is 45.9 Å². The Balaban J connectivity index is 1.61. The number of benzene rings is 3. The molecule has 4 bridgehead atoms. The number of aliphatic hydroxyl groups excluding tert-OH is 3. The number of phenols is 1. The minimum Gasteiger partial charge on any atom is -0.505 e. The normalized spacial score (nSPS) is 30.9. The number of carbonyl (C=O) groups is 2. The van der Waals surface area contributed by atoms with E-state index < -0.39 is 76.7 Å². The van der Waals surface area contributed by atoms with E-state index in [0.717, 1.165) is 5.69 Å². The maximum Gasteiger partial charge on any atom is 0.312 e. The van der Waals surface area contributed by atoms with Crippen molar-refractivity contribution in [3.8, 4) is 11.5 Å². The highest BCUT2D eigenvalue weighted by molar-refractivity contribution is 6.26. The van der Waals surface area contributed by atoms with Crippen LogP contribution in [0.1, 0.15) is 57.5 Å². The van der Waals surface area contributed by atoms with Crippen LogP contribution in [0.3, 0.4) is 0 Å². The van der Waals surface area contributed by atoms with Crippen LogP contribution in [0.4, 0.5) is 11.4 Å². The van der Waals surface area contributed by atoms with Crippen molar-refractivity contribution in [2.75, 3.05) is 31.4 Å². The van der Waals surface area contributed by atoms with Crippen LogP contribution in [0.25, 0.3) is 33.0 Å². The van der Waals surface area contributed by atoms with Crippen LogP contribution in [0.15, 0.2) is 63.6 Å². The van der Waals surface area contributed by atoms with E-state index in [-0.39, 0.29) is 50.0 Å². The van der Waals surface area contributed by atoms with Crippen molar-refractivity contribution in [2.24, 2.45) is 23.7 Å². The molecule has 3 heterocycles. The fraction of sp³-hybridized carbons (Fsp3) is 0.442. The minimum absolute atomic E-state index is 0.0121. The summed E-state index contributed by atoms with van der Waals surface area (Å²) in [6.45, 7) is 11.3. The standard InChI is InChI=1S/C43H51N3O11/c1-19-12-11-13-20(2)42(53)45-33-38(51)30-29(32-40(33)56-28-15-14-25(46(8)9)18-26(28)44-32)31-39(24(6)37(30)50)57-43(7,41(31)52)55-17-16-27(54-10)21(3)35(48)23(5)36(49)22(4)34(19)47/h11-19,21-23,27,34-36,47-49,51H,1-10H3,(H,45,53)/b12-11+,17-16+,20-13-/t19-,21+,22+,23-,27-,34-,35+,36+,43-/m0/s1. The first-order valence-corrected chi connectivity index (χ1v) is 18.9. The third-order valence-electron chi connectivity index (χ3n) is 11.6. The van der Waals surface area contributed by atoms with E-state index in [1.807, 2.05) is 19.0 Å². The van der Waals surface area contributed by atoms with E-state index in [9.17, 15) is 34.8 Å². The molecule has 14 heteroatoms. The van der Waals surface area contributed by atoms with Crippen molar-refractivity contribution in [3.63, 3.8) is 0 Å². The maximum atomic E-state index is 14.5. The number of hydrogen-bond donors (Lipinski definition) is 5. The van der Waals surface area contributed by atoms with E-state index in [1.54, 1.807) is 65.0 Å². The van der Waals surface area contributed by atoms with Gasteiger partial charge < -0.3 is 49.3 Å². The Morgan fingerprint density at radius 3 is 2.26 bits per heavy atom. The van der Waals surface area contributed by atoms with Gasteiger partial charge in [0.25, 0.3) is 11.7 Å². The Kier molecular flexibility index (Phi) is 11.3. The third-order valence-corrected chi connectivity index (χ3v) is 11.6. The fourth-order valence-electron chi connectivity index (χ4n) is 7.68. The van der Waals surface area contributed by atoms with Crippen LogP contribution in [-0.2, 0) is 14.3 Å². The first-order valence-electron chi connectivity index (χ1n) is 18.9. The van der Waals surface area contributed by atoms with Gasteiger partial charge in [-0.15, -0.1) is 0 Å². The molecule has 3 aromatic carbocycles. The molecule has 0 saturated heterocycles. The molecule has 0 unspecified atom stereocenters. The summed E-state index contributed by atoms with van der Waals surface area (Å²) in [6, 6.07) is 5.26. The smallest absolute Gasteiger partial charge is 0.312 e. The molecule has 0 radical (unpaired) electrons. The molecule has 1 amide bonds. The largest absolute Gasteiger partial charge is 0.505 e. The van der Waals surface area contributed by atoms with Crippen LogP contribution < -0.4 is 20.4 Å². The lowest BCUT2D eigenvalue weighted by Crippen LogP contribution is -2.44. The number of nitrogens with one attached hydrogen (secondary N) is 1. The number of aromatic hydroxyl groups is 1. The predicted octanol–water partition coefficient (Wildman–Crippen LogP) is 5.49. The van der Waals surface area contributed by atoms with Crippen molar-refractivity contribution in [1.82, 2.24) is 4.98 Å². The van der Waals surface area contributed by atoms with Gasteiger partial charge in [0.15, 0.2) is 22.3 Å². The number of carbonyl (C=O) groups excluding carboxylic acids is 2. The number of fused-ring (bicyclic) bond motifs is 2. The molecular formula is C43H51N3O11. The highest BCUT2D eigenvalue weighted by Crippen LogP contribution is 2.48. The molecule has 2 aliphatic rings. The number of allylic oxidation sites excluding steroid dienone is 2. The van der Waals surface area contributed by atoms with Crippen molar-refractivity contribution in [3.05, 3.63) is 75.7 Å². The summed E-state index contributed by atoms with van der Waals surface area (Å²) in [6.07, 6.45) is 3.57. The Morgan fingerprint density at radius 1 is 0.930 bits per heavy atom. The number of aliphatic hydroxyl groups is 3. The lowest BCUT2D eigenvalue weighted by atomic mass is 9.78. The van der Waals surface area contributed by atoms with Crippen LogP contribution in [0, 0.1) is 30.6 Å². The third kappa shape index (κ3) is 7.15. The topological polar surface area (TPSA) is 201 Å². The van der Waals surface area contributed by atoms with Gasteiger partial charge in [0, 0.05) is 74.0 Å². The number of ketones is 1. The van der Waals surface area contributed by atoms with Gasteiger partial charge in [0.2, 0.25) is 0 Å². The Hall–Kier alpha value is -5.28. The Bertz CT molecular complexity index is 2420. The first-order chi connectivity index (χ1) is 26.8. The molecule has 0 spiro atoms. The van der Waals surface area contributed by atoms with Gasteiger partial charge in [0.1, 0.15) is 22.5 Å². The number of Topliss-reactive ketones (excluding diaryl/α,β-unsaturated/α-hetero) is 1. The summed E-state index contributed by atoms with van der Waals surface area (Å²) < 4.78 is 24.2. The number of ether oxygens (including phenoxy) is 3. The average molecular weight is 786 g/mol. The zero-order chi connectivity index (χ0) is 41.8. The van der Waals surface area contributed by atoms with E-state index in [1.165, 1.54) is 39.4 Å². The zero-order valence-electron chi connectivity index (χ0n) is 33.8. The molecule has 9 atom stereocenters. The first kappa shape index (κ1) is 41.4. The summed E-state index contributed by atoms with van der Waals surface area (Å²) in [5, 5.41) is 48.2. The number of hydrogen-bond acceptors (Lipinski definition) is 13. The highest BCUT2D eigenvalue weighted by atomic mass is 16.7. The lowest BCUT2D eigenvalue weighted by Gasteiger charge is -2.36. The SMILES string of the molecule is CO[C@H]1/C=C/O[C@@]2(C)Oc3c(C)c(=O)c4c(O)c(c5oc6ccc(N(C)C)cc6nc5c4c3C2=O)NC(=O)/C(C)=C\C=C\[C@H](C)[C@H](O)[C@@H](C)[C@@H](O)[C@@H](C)[C@H](O)[C@@H]1C. The highest BCUT2D eigenvalue weighted by Gasteiger charge is 2.49. The van der Waals surface area contributed by atoms with Crippen molar-refractivity contribution in [2.45, 2.75) is 78.7 Å². The summed E-state index contributed by atoms with van der Waals surface area (Å²) in [4.78, 5) is 49.3.